The van der Waals surface area contributed by atoms with Crippen molar-refractivity contribution < 1.29 is 4.79 Å². The van der Waals surface area contributed by atoms with Crippen LogP contribution >= 0.6 is 0 Å². The summed E-state index contributed by atoms with van der Waals surface area (Å²) in [5, 5.41) is 3.02. The van der Waals surface area contributed by atoms with Gasteiger partial charge in [-0.1, -0.05) is 38.1 Å². The van der Waals surface area contributed by atoms with Gasteiger partial charge in [-0.25, -0.2) is 4.98 Å². The van der Waals surface area contributed by atoms with E-state index in [1.165, 1.54) is 11.1 Å². The summed E-state index contributed by atoms with van der Waals surface area (Å²) < 4.78 is 0. The molecule has 0 aliphatic rings. The van der Waals surface area contributed by atoms with Crippen molar-refractivity contribution in [1.82, 2.24) is 15.3 Å². The van der Waals surface area contributed by atoms with Crippen LogP contribution in [0.4, 0.5) is 5.82 Å². The maximum absolute atomic E-state index is 12.2. The summed E-state index contributed by atoms with van der Waals surface area (Å²) in [7, 11) is 1.83. The molecule has 0 spiro atoms. The standard InChI is InChI=1S/C18H24N4O/c1-14-7-5-6-8-15(14)18(2,3)13-21-17(23)12-22(4)16-11-19-9-10-20-16/h5-11H,12-13H2,1-4H3,(H,21,23). The molecule has 1 aromatic heterocycles. The van der Waals surface area contributed by atoms with Crippen LogP contribution in [0.5, 0.6) is 0 Å². The Kier molecular flexibility index (Phi) is 5.32. The van der Waals surface area contributed by atoms with Crippen LogP contribution in [-0.4, -0.2) is 36.0 Å². The second kappa shape index (κ2) is 7.22. The van der Waals surface area contributed by atoms with Gasteiger partial charge >= 0.3 is 0 Å². The highest BCUT2D eigenvalue weighted by Gasteiger charge is 2.23. The SMILES string of the molecule is Cc1ccccc1C(C)(C)CNC(=O)CN(C)c1cnccn1. The smallest absolute Gasteiger partial charge is 0.239 e. The zero-order valence-corrected chi connectivity index (χ0v) is 14.2. The Morgan fingerprint density at radius 3 is 2.65 bits per heavy atom. The molecular formula is C18H24N4O. The van der Waals surface area contributed by atoms with Gasteiger partial charge in [0.25, 0.3) is 0 Å². The Bertz CT molecular complexity index is 655. The van der Waals surface area contributed by atoms with Gasteiger partial charge in [-0.3, -0.25) is 9.78 Å². The van der Waals surface area contributed by atoms with Gasteiger partial charge in [-0.15, -0.1) is 0 Å². The molecule has 0 fully saturated rings. The molecule has 1 aromatic carbocycles. The van der Waals surface area contributed by atoms with Crippen LogP contribution in [-0.2, 0) is 10.2 Å². The third-order valence-electron chi connectivity index (χ3n) is 3.92. The Balaban J connectivity index is 1.92. The van der Waals surface area contributed by atoms with E-state index in [0.717, 1.165) is 0 Å². The molecule has 0 bridgehead atoms. The molecule has 0 unspecified atom stereocenters. The van der Waals surface area contributed by atoms with Gasteiger partial charge in [0.15, 0.2) is 0 Å². The average Bonchev–Trinajstić information content (AvgIpc) is 2.54. The number of nitrogens with one attached hydrogen (secondary N) is 1. The topological polar surface area (TPSA) is 58.1 Å². The van der Waals surface area contributed by atoms with Crippen LogP contribution in [0.15, 0.2) is 42.9 Å². The van der Waals surface area contributed by atoms with E-state index < -0.39 is 0 Å². The quantitative estimate of drug-likeness (QED) is 0.889. The first kappa shape index (κ1) is 16.9. The molecule has 0 radical (unpaired) electrons. The highest BCUT2D eigenvalue weighted by atomic mass is 16.2. The molecule has 5 nitrogen and oxygen atoms in total. The summed E-state index contributed by atoms with van der Waals surface area (Å²) in [6.45, 7) is 7.22. The second-order valence-electron chi connectivity index (χ2n) is 6.40. The largest absolute Gasteiger partial charge is 0.354 e. The number of rotatable bonds is 6. The Morgan fingerprint density at radius 1 is 1.26 bits per heavy atom. The first-order valence-electron chi connectivity index (χ1n) is 7.70. The number of carbonyl (C=O) groups excluding carboxylic acids is 1. The summed E-state index contributed by atoms with van der Waals surface area (Å²) in [5.41, 5.74) is 2.37. The van der Waals surface area contributed by atoms with Crippen LogP contribution in [0, 0.1) is 6.92 Å². The van der Waals surface area contributed by atoms with Crippen molar-refractivity contribution in [2.24, 2.45) is 0 Å². The number of carbonyl (C=O) groups is 1. The molecule has 122 valence electrons. The van der Waals surface area contributed by atoms with Crippen molar-refractivity contribution in [1.29, 1.82) is 0 Å². The summed E-state index contributed by atoms with van der Waals surface area (Å²) >= 11 is 0. The molecule has 0 aliphatic heterocycles. The van der Waals surface area contributed by atoms with E-state index in [-0.39, 0.29) is 17.9 Å². The number of aryl methyl sites for hydroxylation is 1. The van der Waals surface area contributed by atoms with Gasteiger partial charge in [0.2, 0.25) is 5.91 Å². The molecule has 1 heterocycles. The first-order valence-corrected chi connectivity index (χ1v) is 7.70. The normalized spacial score (nSPS) is 11.1. The molecule has 23 heavy (non-hydrogen) atoms. The van der Waals surface area contributed by atoms with Crippen molar-refractivity contribution >= 4 is 11.7 Å². The van der Waals surface area contributed by atoms with E-state index in [4.69, 9.17) is 0 Å². The maximum Gasteiger partial charge on any atom is 0.239 e. The number of amides is 1. The lowest BCUT2D eigenvalue weighted by atomic mass is 9.82. The number of hydrogen-bond donors (Lipinski definition) is 1. The molecule has 0 aliphatic carbocycles. The van der Waals surface area contributed by atoms with E-state index in [2.05, 4.69) is 48.2 Å². The molecule has 0 saturated heterocycles. The molecule has 1 N–H and O–H groups in total. The fourth-order valence-corrected chi connectivity index (χ4v) is 2.59. The minimum absolute atomic E-state index is 0.0280. The molecule has 2 rings (SSSR count). The Labute approximate surface area is 137 Å². The van der Waals surface area contributed by atoms with Gasteiger partial charge in [0.05, 0.1) is 12.7 Å². The fourth-order valence-electron chi connectivity index (χ4n) is 2.59. The van der Waals surface area contributed by atoms with E-state index in [1.54, 1.807) is 23.5 Å². The summed E-state index contributed by atoms with van der Waals surface area (Å²) in [4.78, 5) is 22.2. The first-order chi connectivity index (χ1) is 10.9. The van der Waals surface area contributed by atoms with Crippen molar-refractivity contribution in [3.8, 4) is 0 Å². The molecule has 0 atom stereocenters. The van der Waals surface area contributed by atoms with Crippen molar-refractivity contribution in [3.63, 3.8) is 0 Å². The van der Waals surface area contributed by atoms with Gasteiger partial charge in [-0.05, 0) is 18.1 Å². The average molecular weight is 312 g/mol. The number of anilines is 1. The van der Waals surface area contributed by atoms with E-state index >= 15 is 0 Å². The highest BCUT2D eigenvalue weighted by molar-refractivity contribution is 5.80. The van der Waals surface area contributed by atoms with Crippen LogP contribution in [0.25, 0.3) is 0 Å². The zero-order chi connectivity index (χ0) is 16.9. The monoisotopic (exact) mass is 312 g/mol. The van der Waals surface area contributed by atoms with Gasteiger partial charge in [0.1, 0.15) is 5.82 Å². The van der Waals surface area contributed by atoms with Crippen LogP contribution in [0.2, 0.25) is 0 Å². The van der Waals surface area contributed by atoms with Gasteiger partial charge < -0.3 is 10.2 Å². The molecular weight excluding hydrogens is 288 g/mol. The molecule has 1 amide bonds. The minimum Gasteiger partial charge on any atom is -0.354 e. The maximum atomic E-state index is 12.2. The predicted molar refractivity (Wildman–Crippen MR) is 92.5 cm³/mol. The Morgan fingerprint density at radius 2 is 2.00 bits per heavy atom. The lowest BCUT2D eigenvalue weighted by Gasteiger charge is -2.28. The summed E-state index contributed by atoms with van der Waals surface area (Å²) in [5.74, 6) is 0.653. The number of nitrogens with zero attached hydrogens (tertiary/aromatic N) is 3. The zero-order valence-electron chi connectivity index (χ0n) is 14.2. The molecule has 5 heteroatoms. The fraction of sp³-hybridized carbons (Fsp3) is 0.389. The summed E-state index contributed by atoms with van der Waals surface area (Å²) in [6, 6.07) is 8.28. The summed E-state index contributed by atoms with van der Waals surface area (Å²) in [6.07, 6.45) is 4.87. The highest BCUT2D eigenvalue weighted by Crippen LogP contribution is 2.25. The van der Waals surface area contributed by atoms with E-state index in [9.17, 15) is 4.79 Å². The van der Waals surface area contributed by atoms with Crippen molar-refractivity contribution in [3.05, 3.63) is 54.0 Å². The lowest BCUT2D eigenvalue weighted by Crippen LogP contribution is -2.41. The second-order valence-corrected chi connectivity index (χ2v) is 6.40. The third-order valence-corrected chi connectivity index (χ3v) is 3.92. The van der Waals surface area contributed by atoms with Crippen molar-refractivity contribution in [2.45, 2.75) is 26.2 Å². The van der Waals surface area contributed by atoms with E-state index in [0.29, 0.717) is 12.4 Å². The Hall–Kier alpha value is -2.43. The number of aromatic nitrogens is 2. The molecule has 0 saturated carbocycles. The van der Waals surface area contributed by atoms with E-state index in [1.807, 2.05) is 19.2 Å². The van der Waals surface area contributed by atoms with Gasteiger partial charge in [0, 0.05) is 31.4 Å². The minimum atomic E-state index is -0.119. The lowest BCUT2D eigenvalue weighted by molar-refractivity contribution is -0.119. The third kappa shape index (κ3) is 4.52. The van der Waals surface area contributed by atoms with Crippen LogP contribution in [0.1, 0.15) is 25.0 Å². The number of benzene rings is 1. The molecule has 2 aromatic rings. The van der Waals surface area contributed by atoms with Gasteiger partial charge in [-0.2, -0.15) is 0 Å². The number of likely N-dealkylation sites (N-methyl/N-ethyl adjacent to an activating group) is 1. The van der Waals surface area contributed by atoms with Crippen LogP contribution in [0.3, 0.4) is 0 Å². The predicted octanol–water partition coefficient (Wildman–Crippen LogP) is 2.32. The van der Waals surface area contributed by atoms with Crippen molar-refractivity contribution in [2.75, 3.05) is 25.0 Å². The number of hydrogen-bond acceptors (Lipinski definition) is 4. The van der Waals surface area contributed by atoms with Crippen LogP contribution < -0.4 is 10.2 Å².